The predicted octanol–water partition coefficient (Wildman–Crippen LogP) is 2.96. The van der Waals surface area contributed by atoms with E-state index in [0.29, 0.717) is 0 Å². The zero-order valence-corrected chi connectivity index (χ0v) is 9.47. The number of anilines is 1. The Hall–Kier alpha value is -1.28. The molecule has 0 heterocycles. The molecular formula is C14H19NO. The Morgan fingerprint density at radius 1 is 1.00 bits per heavy atom. The van der Waals surface area contributed by atoms with E-state index in [-0.39, 0.29) is 12.1 Å². The van der Waals surface area contributed by atoms with Crippen molar-refractivity contribution in [1.29, 1.82) is 0 Å². The highest BCUT2D eigenvalue weighted by Crippen LogP contribution is 2.18. The Labute approximate surface area is 97.0 Å². The quantitative estimate of drug-likeness (QED) is 0.746. The van der Waals surface area contributed by atoms with Crippen molar-refractivity contribution in [3.05, 3.63) is 42.5 Å². The molecular weight excluding hydrogens is 198 g/mol. The third-order valence-corrected chi connectivity index (χ3v) is 3.03. The van der Waals surface area contributed by atoms with Gasteiger partial charge in [-0.05, 0) is 37.8 Å². The SMILES string of the molecule is O[C@@H]1CC/C=C\CC[C@H]1Nc1ccccc1. The number of nitrogens with one attached hydrogen (secondary N) is 1. The molecule has 2 nitrogen and oxygen atoms in total. The Bertz CT molecular complexity index is 334. The number of hydrogen-bond donors (Lipinski definition) is 2. The van der Waals surface area contributed by atoms with Gasteiger partial charge in [0.05, 0.1) is 12.1 Å². The van der Waals surface area contributed by atoms with Crippen LogP contribution >= 0.6 is 0 Å². The van der Waals surface area contributed by atoms with E-state index in [2.05, 4.69) is 17.5 Å². The van der Waals surface area contributed by atoms with Crippen LogP contribution in [0.1, 0.15) is 25.7 Å². The van der Waals surface area contributed by atoms with Crippen molar-refractivity contribution in [2.75, 3.05) is 5.32 Å². The van der Waals surface area contributed by atoms with Gasteiger partial charge in [0.15, 0.2) is 0 Å². The van der Waals surface area contributed by atoms with Crippen LogP contribution in [0.2, 0.25) is 0 Å². The summed E-state index contributed by atoms with van der Waals surface area (Å²) in [5.41, 5.74) is 1.09. The maximum atomic E-state index is 10.0. The van der Waals surface area contributed by atoms with Crippen LogP contribution in [0.4, 0.5) is 5.69 Å². The van der Waals surface area contributed by atoms with Crippen LogP contribution in [-0.2, 0) is 0 Å². The lowest BCUT2D eigenvalue weighted by atomic mass is 9.98. The molecule has 86 valence electrons. The van der Waals surface area contributed by atoms with E-state index >= 15 is 0 Å². The van der Waals surface area contributed by atoms with E-state index in [4.69, 9.17) is 0 Å². The second-order valence-corrected chi connectivity index (χ2v) is 4.31. The van der Waals surface area contributed by atoms with Crippen molar-refractivity contribution in [2.24, 2.45) is 0 Å². The van der Waals surface area contributed by atoms with Gasteiger partial charge in [0.25, 0.3) is 0 Å². The Morgan fingerprint density at radius 3 is 2.44 bits per heavy atom. The number of aliphatic hydroxyl groups excluding tert-OH is 1. The first-order valence-electron chi connectivity index (χ1n) is 6.01. The summed E-state index contributed by atoms with van der Waals surface area (Å²) in [7, 11) is 0. The van der Waals surface area contributed by atoms with Crippen LogP contribution in [0.15, 0.2) is 42.5 Å². The molecule has 2 N–H and O–H groups in total. The van der Waals surface area contributed by atoms with Crippen molar-refractivity contribution in [3.63, 3.8) is 0 Å². The van der Waals surface area contributed by atoms with Crippen LogP contribution < -0.4 is 5.32 Å². The summed E-state index contributed by atoms with van der Waals surface area (Å²) in [5, 5.41) is 13.5. The smallest absolute Gasteiger partial charge is 0.0744 e. The standard InChI is InChI=1S/C14H19NO/c16-14-11-7-2-1-6-10-13(14)15-12-8-4-3-5-9-12/h1-5,8-9,13-16H,6-7,10-11H2/b2-1-/t13-,14-/m1/s1. The molecule has 0 unspecified atom stereocenters. The van der Waals surface area contributed by atoms with Crippen molar-refractivity contribution < 1.29 is 5.11 Å². The number of allylic oxidation sites excluding steroid dienone is 2. The zero-order valence-electron chi connectivity index (χ0n) is 9.47. The molecule has 0 aromatic heterocycles. The fourth-order valence-corrected chi connectivity index (χ4v) is 2.09. The van der Waals surface area contributed by atoms with Gasteiger partial charge in [0, 0.05) is 5.69 Å². The molecule has 0 aliphatic heterocycles. The summed E-state index contributed by atoms with van der Waals surface area (Å²) < 4.78 is 0. The van der Waals surface area contributed by atoms with E-state index in [1.54, 1.807) is 0 Å². The van der Waals surface area contributed by atoms with E-state index in [9.17, 15) is 5.11 Å². The Balaban J connectivity index is 1.99. The summed E-state index contributed by atoms with van der Waals surface area (Å²) in [6, 6.07) is 10.3. The molecule has 1 aromatic carbocycles. The molecule has 0 amide bonds. The molecule has 0 radical (unpaired) electrons. The third-order valence-electron chi connectivity index (χ3n) is 3.03. The lowest BCUT2D eigenvalue weighted by molar-refractivity contribution is 0.139. The average Bonchev–Trinajstić information content (AvgIpc) is 2.30. The lowest BCUT2D eigenvalue weighted by Crippen LogP contribution is -2.33. The highest BCUT2D eigenvalue weighted by Gasteiger charge is 2.18. The molecule has 2 atom stereocenters. The largest absolute Gasteiger partial charge is 0.391 e. The minimum atomic E-state index is -0.245. The van der Waals surface area contributed by atoms with E-state index in [0.717, 1.165) is 31.4 Å². The molecule has 1 aliphatic carbocycles. The summed E-state index contributed by atoms with van der Waals surface area (Å²) in [4.78, 5) is 0. The van der Waals surface area contributed by atoms with Crippen molar-refractivity contribution >= 4 is 5.69 Å². The molecule has 0 spiro atoms. The molecule has 2 rings (SSSR count). The number of rotatable bonds is 2. The first-order chi connectivity index (χ1) is 7.86. The molecule has 0 bridgehead atoms. The molecule has 2 heteroatoms. The first-order valence-corrected chi connectivity index (χ1v) is 6.01. The summed E-state index contributed by atoms with van der Waals surface area (Å²) in [5.74, 6) is 0. The summed E-state index contributed by atoms with van der Waals surface area (Å²) >= 11 is 0. The minimum absolute atomic E-state index is 0.173. The zero-order chi connectivity index (χ0) is 11.2. The van der Waals surface area contributed by atoms with E-state index < -0.39 is 0 Å². The van der Waals surface area contributed by atoms with Gasteiger partial charge < -0.3 is 10.4 Å². The maximum absolute atomic E-state index is 10.0. The third kappa shape index (κ3) is 3.11. The van der Waals surface area contributed by atoms with Gasteiger partial charge in [-0.3, -0.25) is 0 Å². The molecule has 0 saturated heterocycles. The van der Waals surface area contributed by atoms with Crippen LogP contribution in [-0.4, -0.2) is 17.3 Å². The van der Waals surface area contributed by atoms with Gasteiger partial charge in [-0.15, -0.1) is 0 Å². The van der Waals surface area contributed by atoms with Crippen LogP contribution in [0.3, 0.4) is 0 Å². The van der Waals surface area contributed by atoms with Gasteiger partial charge in [-0.25, -0.2) is 0 Å². The number of para-hydroxylation sites is 1. The molecule has 0 fully saturated rings. The lowest BCUT2D eigenvalue weighted by Gasteiger charge is -2.25. The van der Waals surface area contributed by atoms with Gasteiger partial charge in [0.1, 0.15) is 0 Å². The van der Waals surface area contributed by atoms with Crippen molar-refractivity contribution in [2.45, 2.75) is 37.8 Å². The fraction of sp³-hybridized carbons (Fsp3) is 0.429. The highest BCUT2D eigenvalue weighted by atomic mass is 16.3. The van der Waals surface area contributed by atoms with E-state index in [1.165, 1.54) is 0 Å². The number of benzene rings is 1. The minimum Gasteiger partial charge on any atom is -0.391 e. The number of hydrogen-bond acceptors (Lipinski definition) is 2. The summed E-state index contributed by atoms with van der Waals surface area (Å²) in [6.45, 7) is 0. The molecule has 0 saturated carbocycles. The topological polar surface area (TPSA) is 32.3 Å². The Kier molecular flexibility index (Phi) is 4.00. The molecule has 1 aliphatic rings. The highest BCUT2D eigenvalue weighted by molar-refractivity contribution is 5.43. The first kappa shape index (κ1) is 11.2. The van der Waals surface area contributed by atoms with Crippen LogP contribution in [0, 0.1) is 0 Å². The van der Waals surface area contributed by atoms with E-state index in [1.807, 2.05) is 30.3 Å². The van der Waals surface area contributed by atoms with Crippen LogP contribution in [0.25, 0.3) is 0 Å². The Morgan fingerprint density at radius 2 is 1.69 bits per heavy atom. The van der Waals surface area contributed by atoms with Crippen molar-refractivity contribution in [3.8, 4) is 0 Å². The van der Waals surface area contributed by atoms with Crippen LogP contribution in [0.5, 0.6) is 0 Å². The van der Waals surface area contributed by atoms with Gasteiger partial charge in [0.2, 0.25) is 0 Å². The second kappa shape index (κ2) is 5.71. The van der Waals surface area contributed by atoms with Gasteiger partial charge >= 0.3 is 0 Å². The number of aliphatic hydroxyl groups is 1. The molecule has 1 aromatic rings. The molecule has 16 heavy (non-hydrogen) atoms. The maximum Gasteiger partial charge on any atom is 0.0744 e. The van der Waals surface area contributed by atoms with Gasteiger partial charge in [-0.1, -0.05) is 30.4 Å². The second-order valence-electron chi connectivity index (χ2n) is 4.31. The normalized spacial score (nSPS) is 27.8. The monoisotopic (exact) mass is 217 g/mol. The average molecular weight is 217 g/mol. The fourth-order valence-electron chi connectivity index (χ4n) is 2.09. The predicted molar refractivity (Wildman–Crippen MR) is 67.5 cm³/mol. The summed E-state index contributed by atoms with van der Waals surface area (Å²) in [6.07, 6.45) is 8.00. The van der Waals surface area contributed by atoms with Gasteiger partial charge in [-0.2, -0.15) is 0 Å². The van der Waals surface area contributed by atoms with Crippen molar-refractivity contribution in [1.82, 2.24) is 0 Å².